The van der Waals surface area contributed by atoms with E-state index in [1.54, 1.807) is 6.20 Å². The van der Waals surface area contributed by atoms with Crippen LogP contribution in [-0.2, 0) is 0 Å². The highest BCUT2D eigenvalue weighted by Crippen LogP contribution is 2.25. The fourth-order valence-corrected chi connectivity index (χ4v) is 1.79. The van der Waals surface area contributed by atoms with Crippen LogP contribution in [0.25, 0.3) is 17.0 Å². The van der Waals surface area contributed by atoms with Gasteiger partial charge in [-0.15, -0.1) is 0 Å². The maximum Gasteiger partial charge on any atom is 0.236 e. The lowest BCUT2D eigenvalue weighted by Crippen LogP contribution is -1.91. The highest BCUT2D eigenvalue weighted by Gasteiger charge is 2.10. The Kier molecular flexibility index (Phi) is 1.86. The Labute approximate surface area is 92.4 Å². The largest absolute Gasteiger partial charge is 0.382 e. The summed E-state index contributed by atoms with van der Waals surface area (Å²) in [7, 11) is 0. The van der Waals surface area contributed by atoms with Crippen LogP contribution < -0.4 is 5.73 Å². The summed E-state index contributed by atoms with van der Waals surface area (Å²) in [4.78, 5) is 8.38. The molecule has 0 aliphatic rings. The highest BCUT2D eigenvalue weighted by atomic mass is 15.1. The van der Waals surface area contributed by atoms with Crippen molar-refractivity contribution in [3.8, 4) is 11.3 Å². The zero-order chi connectivity index (χ0) is 11.0. The molecule has 78 valence electrons. The van der Waals surface area contributed by atoms with E-state index < -0.39 is 0 Å². The molecule has 0 saturated carbocycles. The minimum Gasteiger partial charge on any atom is -0.382 e. The molecule has 0 unspecified atom stereocenters. The third-order valence-electron chi connectivity index (χ3n) is 2.48. The van der Waals surface area contributed by atoms with Crippen molar-refractivity contribution in [3.63, 3.8) is 0 Å². The van der Waals surface area contributed by atoms with Crippen molar-refractivity contribution in [2.24, 2.45) is 0 Å². The van der Waals surface area contributed by atoms with E-state index in [1.807, 2.05) is 47.0 Å². The zero-order valence-electron chi connectivity index (χ0n) is 8.54. The predicted molar refractivity (Wildman–Crippen MR) is 62.8 cm³/mol. The van der Waals surface area contributed by atoms with Gasteiger partial charge in [-0.25, -0.2) is 4.98 Å². The van der Waals surface area contributed by atoms with Crippen LogP contribution in [0.5, 0.6) is 0 Å². The first kappa shape index (κ1) is 8.91. The fraction of sp³-hybridized carbons (Fsp3) is 0. The average molecular weight is 210 g/mol. The van der Waals surface area contributed by atoms with Crippen LogP contribution in [0.3, 0.4) is 0 Å². The lowest BCUT2D eigenvalue weighted by Gasteiger charge is -2.01. The van der Waals surface area contributed by atoms with Gasteiger partial charge < -0.3 is 5.73 Å². The second-order valence-electron chi connectivity index (χ2n) is 3.50. The molecule has 2 N–H and O–H groups in total. The van der Waals surface area contributed by atoms with Crippen molar-refractivity contribution in [1.29, 1.82) is 0 Å². The number of nitrogens with two attached hydrogens (primary N) is 1. The van der Waals surface area contributed by atoms with Crippen LogP contribution >= 0.6 is 0 Å². The summed E-state index contributed by atoms with van der Waals surface area (Å²) in [5.74, 6) is 1.13. The third kappa shape index (κ3) is 1.24. The number of rotatable bonds is 1. The molecule has 16 heavy (non-hydrogen) atoms. The molecule has 0 amide bonds. The summed E-state index contributed by atoms with van der Waals surface area (Å²) in [5, 5.41) is 0. The number of nitrogen functional groups attached to an aromatic ring is 1. The normalized spacial score (nSPS) is 10.8. The van der Waals surface area contributed by atoms with E-state index in [1.165, 1.54) is 0 Å². The van der Waals surface area contributed by atoms with Gasteiger partial charge in [0.1, 0.15) is 0 Å². The highest BCUT2D eigenvalue weighted by molar-refractivity contribution is 5.73. The molecule has 1 aromatic carbocycles. The quantitative estimate of drug-likeness (QED) is 0.668. The molecular weight excluding hydrogens is 200 g/mol. The number of benzene rings is 1. The van der Waals surface area contributed by atoms with Crippen molar-refractivity contribution >= 4 is 11.6 Å². The number of anilines is 1. The summed E-state index contributed by atoms with van der Waals surface area (Å²) in [6.45, 7) is 0. The van der Waals surface area contributed by atoms with Crippen molar-refractivity contribution < 1.29 is 0 Å². The summed E-state index contributed by atoms with van der Waals surface area (Å²) >= 11 is 0. The molecule has 2 aromatic heterocycles. The molecule has 2 heterocycles. The molecule has 0 spiro atoms. The summed E-state index contributed by atoms with van der Waals surface area (Å²) in [6.07, 6.45) is 3.62. The van der Waals surface area contributed by atoms with Gasteiger partial charge in [0, 0.05) is 18.0 Å². The molecule has 4 nitrogen and oxygen atoms in total. The van der Waals surface area contributed by atoms with Gasteiger partial charge in [-0.05, 0) is 6.07 Å². The first-order valence-corrected chi connectivity index (χ1v) is 5.00. The molecule has 4 heteroatoms. The van der Waals surface area contributed by atoms with E-state index in [4.69, 9.17) is 5.73 Å². The summed E-state index contributed by atoms with van der Waals surface area (Å²) in [5.41, 5.74) is 7.85. The Morgan fingerprint density at radius 2 is 1.88 bits per heavy atom. The Morgan fingerprint density at radius 1 is 1.06 bits per heavy atom. The Hall–Kier alpha value is -2.36. The van der Waals surface area contributed by atoms with Crippen LogP contribution in [0.1, 0.15) is 0 Å². The molecular formula is C12H10N4. The van der Waals surface area contributed by atoms with Crippen LogP contribution in [0, 0.1) is 0 Å². The molecule has 0 atom stereocenters. The molecule has 3 rings (SSSR count). The maximum absolute atomic E-state index is 5.91. The molecule has 0 radical (unpaired) electrons. The maximum atomic E-state index is 5.91. The van der Waals surface area contributed by atoms with E-state index in [2.05, 4.69) is 9.97 Å². The monoisotopic (exact) mass is 210 g/mol. The van der Waals surface area contributed by atoms with Crippen LogP contribution in [0.15, 0.2) is 48.8 Å². The standard InChI is InChI=1S/C12H10N4/c13-11-10(9-5-2-1-3-6-9)16-8-4-7-14-12(16)15-11/h1-8H,13H2. The fourth-order valence-electron chi connectivity index (χ4n) is 1.79. The van der Waals surface area contributed by atoms with Gasteiger partial charge >= 0.3 is 0 Å². The molecule has 0 saturated heterocycles. The molecule has 0 bridgehead atoms. The van der Waals surface area contributed by atoms with E-state index in [0.29, 0.717) is 11.6 Å². The Bertz CT molecular complexity index is 628. The minimum atomic E-state index is 0.505. The van der Waals surface area contributed by atoms with Crippen LogP contribution in [0.4, 0.5) is 5.82 Å². The second-order valence-corrected chi connectivity index (χ2v) is 3.50. The number of hydrogen-bond donors (Lipinski definition) is 1. The van der Waals surface area contributed by atoms with Crippen LogP contribution in [-0.4, -0.2) is 14.4 Å². The first-order chi connectivity index (χ1) is 7.86. The smallest absolute Gasteiger partial charge is 0.236 e. The average Bonchev–Trinajstić information content (AvgIpc) is 2.66. The Balaban J connectivity index is 2.35. The topological polar surface area (TPSA) is 56.2 Å². The third-order valence-corrected chi connectivity index (χ3v) is 2.48. The minimum absolute atomic E-state index is 0.505. The first-order valence-electron chi connectivity index (χ1n) is 5.00. The van der Waals surface area contributed by atoms with E-state index in [0.717, 1.165) is 11.3 Å². The Morgan fingerprint density at radius 3 is 2.69 bits per heavy atom. The SMILES string of the molecule is Nc1nc2ncccn2c1-c1ccccc1. The molecule has 0 aliphatic heterocycles. The van der Waals surface area contributed by atoms with E-state index in [9.17, 15) is 0 Å². The van der Waals surface area contributed by atoms with E-state index >= 15 is 0 Å². The van der Waals surface area contributed by atoms with E-state index in [-0.39, 0.29) is 0 Å². The summed E-state index contributed by atoms with van der Waals surface area (Å²) in [6, 6.07) is 11.8. The number of hydrogen-bond acceptors (Lipinski definition) is 3. The van der Waals surface area contributed by atoms with Crippen molar-refractivity contribution in [2.75, 3.05) is 5.73 Å². The van der Waals surface area contributed by atoms with Crippen molar-refractivity contribution in [1.82, 2.24) is 14.4 Å². The number of aromatic nitrogens is 3. The van der Waals surface area contributed by atoms with Crippen molar-refractivity contribution in [2.45, 2.75) is 0 Å². The number of imidazole rings is 1. The van der Waals surface area contributed by atoms with Gasteiger partial charge in [0.15, 0.2) is 5.82 Å². The van der Waals surface area contributed by atoms with Crippen molar-refractivity contribution in [3.05, 3.63) is 48.8 Å². The second kappa shape index (κ2) is 3.34. The van der Waals surface area contributed by atoms with Crippen LogP contribution in [0.2, 0.25) is 0 Å². The van der Waals surface area contributed by atoms with Gasteiger partial charge in [0.05, 0.1) is 5.69 Å². The van der Waals surface area contributed by atoms with Gasteiger partial charge in [0.25, 0.3) is 0 Å². The number of fused-ring (bicyclic) bond motifs is 1. The van der Waals surface area contributed by atoms with Gasteiger partial charge in [-0.2, -0.15) is 4.98 Å². The molecule has 0 aliphatic carbocycles. The lowest BCUT2D eigenvalue weighted by molar-refractivity contribution is 1.11. The number of nitrogens with zero attached hydrogens (tertiary/aromatic N) is 3. The van der Waals surface area contributed by atoms with Gasteiger partial charge in [-0.3, -0.25) is 4.40 Å². The van der Waals surface area contributed by atoms with Gasteiger partial charge in [-0.1, -0.05) is 30.3 Å². The predicted octanol–water partition coefficient (Wildman–Crippen LogP) is 1.98. The summed E-state index contributed by atoms with van der Waals surface area (Å²) < 4.78 is 1.89. The lowest BCUT2D eigenvalue weighted by atomic mass is 10.1. The molecule has 0 fully saturated rings. The zero-order valence-corrected chi connectivity index (χ0v) is 8.54. The molecule has 3 aromatic rings. The van der Waals surface area contributed by atoms with Gasteiger partial charge in [0.2, 0.25) is 5.78 Å².